The molecule has 4 heteroatoms. The molecule has 0 saturated heterocycles. The molecule has 4 N–H and O–H groups in total. The summed E-state index contributed by atoms with van der Waals surface area (Å²) in [5, 5.41) is 0. The van der Waals surface area contributed by atoms with Crippen LogP contribution in [-0.2, 0) is 6.42 Å². The fraction of sp³-hybridized carbons (Fsp3) is 0.364. The minimum Gasteiger partial charge on any atom is -0.492 e. The maximum absolute atomic E-state index is 5.44. The molecule has 0 atom stereocenters. The molecule has 82 valence electrons. The maximum atomic E-state index is 5.44. The van der Waals surface area contributed by atoms with E-state index in [-0.39, 0.29) is 5.96 Å². The van der Waals surface area contributed by atoms with Gasteiger partial charge in [0.2, 0.25) is 0 Å². The van der Waals surface area contributed by atoms with Crippen LogP contribution in [0.1, 0.15) is 12.5 Å². The van der Waals surface area contributed by atoms with Crippen molar-refractivity contribution in [3.8, 4) is 5.75 Å². The molecular weight excluding hydrogens is 190 g/mol. The lowest BCUT2D eigenvalue weighted by molar-refractivity contribution is 0.328. The van der Waals surface area contributed by atoms with Crippen molar-refractivity contribution in [1.29, 1.82) is 0 Å². The van der Waals surface area contributed by atoms with Gasteiger partial charge < -0.3 is 16.2 Å². The molecule has 1 aromatic carbocycles. The van der Waals surface area contributed by atoms with Crippen molar-refractivity contribution in [2.75, 3.05) is 13.2 Å². The molecule has 1 rings (SSSR count). The molecule has 0 aliphatic rings. The van der Waals surface area contributed by atoms with Crippen LogP contribution in [0.15, 0.2) is 29.3 Å². The number of hydrogen-bond donors (Lipinski definition) is 2. The number of nitrogens with zero attached hydrogens (tertiary/aromatic N) is 1. The van der Waals surface area contributed by atoms with Crippen molar-refractivity contribution in [2.24, 2.45) is 16.5 Å². The van der Waals surface area contributed by atoms with Gasteiger partial charge in [-0.1, -0.05) is 19.1 Å². The van der Waals surface area contributed by atoms with Crippen LogP contribution in [0.4, 0.5) is 0 Å². The lowest BCUT2D eigenvalue weighted by Gasteiger charge is -2.04. The molecule has 0 unspecified atom stereocenters. The molecule has 0 saturated carbocycles. The van der Waals surface area contributed by atoms with Gasteiger partial charge in [-0.25, -0.2) is 0 Å². The Kier molecular flexibility index (Phi) is 4.47. The minimum absolute atomic E-state index is 0.0972. The van der Waals surface area contributed by atoms with E-state index in [1.54, 1.807) is 0 Å². The van der Waals surface area contributed by atoms with Gasteiger partial charge in [0.1, 0.15) is 12.4 Å². The summed E-state index contributed by atoms with van der Waals surface area (Å²) in [5.74, 6) is 0.943. The van der Waals surface area contributed by atoms with E-state index in [0.717, 1.165) is 12.2 Å². The number of ether oxygens (including phenoxy) is 1. The van der Waals surface area contributed by atoms with E-state index in [2.05, 4.69) is 24.0 Å². The molecule has 15 heavy (non-hydrogen) atoms. The predicted molar refractivity (Wildman–Crippen MR) is 62.0 cm³/mol. The van der Waals surface area contributed by atoms with E-state index in [1.807, 2.05) is 12.1 Å². The Morgan fingerprint density at radius 1 is 1.27 bits per heavy atom. The fourth-order valence-electron chi connectivity index (χ4n) is 1.16. The number of aliphatic imine (C=N–C) groups is 1. The molecule has 1 aromatic rings. The molecule has 0 amide bonds. The Bertz CT molecular complexity index is 315. The highest BCUT2D eigenvalue weighted by Gasteiger charge is 1.93. The summed E-state index contributed by atoms with van der Waals surface area (Å²) in [6, 6.07) is 8.01. The molecule has 0 fully saturated rings. The van der Waals surface area contributed by atoms with Crippen LogP contribution in [0.5, 0.6) is 5.75 Å². The van der Waals surface area contributed by atoms with Gasteiger partial charge in [-0.2, -0.15) is 0 Å². The van der Waals surface area contributed by atoms with Crippen LogP contribution in [0.25, 0.3) is 0 Å². The monoisotopic (exact) mass is 207 g/mol. The Morgan fingerprint density at radius 2 is 1.93 bits per heavy atom. The zero-order chi connectivity index (χ0) is 11.1. The summed E-state index contributed by atoms with van der Waals surface area (Å²) >= 11 is 0. The van der Waals surface area contributed by atoms with Crippen molar-refractivity contribution in [2.45, 2.75) is 13.3 Å². The summed E-state index contributed by atoms with van der Waals surface area (Å²) in [4.78, 5) is 3.82. The van der Waals surface area contributed by atoms with Gasteiger partial charge in [0.05, 0.1) is 6.54 Å². The standard InChI is InChI=1S/C11H17N3O/c1-2-9-3-5-10(6-4-9)15-8-7-14-11(12)13/h3-6H,2,7-8H2,1H3,(H4,12,13,14). The van der Waals surface area contributed by atoms with Crippen molar-refractivity contribution in [1.82, 2.24) is 0 Å². The maximum Gasteiger partial charge on any atom is 0.186 e. The van der Waals surface area contributed by atoms with Gasteiger partial charge >= 0.3 is 0 Å². The van der Waals surface area contributed by atoms with Gasteiger partial charge in [-0.05, 0) is 24.1 Å². The van der Waals surface area contributed by atoms with E-state index < -0.39 is 0 Å². The number of benzene rings is 1. The van der Waals surface area contributed by atoms with E-state index in [0.29, 0.717) is 13.2 Å². The van der Waals surface area contributed by atoms with E-state index in [4.69, 9.17) is 16.2 Å². The third-order valence-electron chi connectivity index (χ3n) is 1.99. The van der Waals surface area contributed by atoms with Gasteiger partial charge in [-0.15, -0.1) is 0 Å². The first-order chi connectivity index (χ1) is 7.22. The first-order valence-electron chi connectivity index (χ1n) is 4.99. The highest BCUT2D eigenvalue weighted by atomic mass is 16.5. The van der Waals surface area contributed by atoms with Crippen LogP contribution in [0, 0.1) is 0 Å². The molecule has 4 nitrogen and oxygen atoms in total. The third-order valence-corrected chi connectivity index (χ3v) is 1.99. The summed E-state index contributed by atoms with van der Waals surface area (Å²) < 4.78 is 5.44. The summed E-state index contributed by atoms with van der Waals surface area (Å²) in [7, 11) is 0. The zero-order valence-corrected chi connectivity index (χ0v) is 8.94. The second kappa shape index (κ2) is 5.90. The van der Waals surface area contributed by atoms with E-state index >= 15 is 0 Å². The van der Waals surface area contributed by atoms with Crippen molar-refractivity contribution >= 4 is 5.96 Å². The van der Waals surface area contributed by atoms with E-state index in [1.165, 1.54) is 5.56 Å². The number of aryl methyl sites for hydroxylation is 1. The van der Waals surface area contributed by atoms with Crippen LogP contribution in [0.3, 0.4) is 0 Å². The van der Waals surface area contributed by atoms with Gasteiger partial charge in [-0.3, -0.25) is 4.99 Å². The second-order valence-corrected chi connectivity index (χ2v) is 3.15. The summed E-state index contributed by atoms with van der Waals surface area (Å²) in [6.45, 7) is 3.09. The topological polar surface area (TPSA) is 73.6 Å². The van der Waals surface area contributed by atoms with Gasteiger partial charge in [0, 0.05) is 0 Å². The number of rotatable bonds is 5. The molecule has 0 heterocycles. The van der Waals surface area contributed by atoms with Crippen LogP contribution in [0.2, 0.25) is 0 Å². The lowest BCUT2D eigenvalue weighted by Crippen LogP contribution is -2.23. The van der Waals surface area contributed by atoms with Crippen LogP contribution >= 0.6 is 0 Å². The smallest absolute Gasteiger partial charge is 0.186 e. The number of nitrogens with two attached hydrogens (primary N) is 2. The van der Waals surface area contributed by atoms with Gasteiger partial charge in [0.25, 0.3) is 0 Å². The highest BCUT2D eigenvalue weighted by molar-refractivity contribution is 5.75. The lowest BCUT2D eigenvalue weighted by atomic mass is 10.2. The zero-order valence-electron chi connectivity index (χ0n) is 8.94. The molecule has 0 bridgehead atoms. The second-order valence-electron chi connectivity index (χ2n) is 3.15. The van der Waals surface area contributed by atoms with Gasteiger partial charge in [0.15, 0.2) is 5.96 Å². The molecule has 0 aliphatic heterocycles. The normalized spacial score (nSPS) is 9.67. The molecule has 0 aliphatic carbocycles. The highest BCUT2D eigenvalue weighted by Crippen LogP contribution is 2.12. The number of guanidine groups is 1. The third kappa shape index (κ3) is 4.35. The quantitative estimate of drug-likeness (QED) is 0.428. The Labute approximate surface area is 89.9 Å². The first-order valence-corrected chi connectivity index (χ1v) is 4.99. The SMILES string of the molecule is CCc1ccc(OCCN=C(N)N)cc1. The fourth-order valence-corrected chi connectivity index (χ4v) is 1.16. The average molecular weight is 207 g/mol. The van der Waals surface area contributed by atoms with Crippen molar-refractivity contribution in [3.63, 3.8) is 0 Å². The van der Waals surface area contributed by atoms with E-state index in [9.17, 15) is 0 Å². The molecule has 0 radical (unpaired) electrons. The first kappa shape index (κ1) is 11.4. The van der Waals surface area contributed by atoms with Crippen LogP contribution in [-0.4, -0.2) is 19.1 Å². The molecule has 0 spiro atoms. The number of hydrogen-bond acceptors (Lipinski definition) is 2. The molecule has 0 aromatic heterocycles. The summed E-state index contributed by atoms with van der Waals surface area (Å²) in [6.07, 6.45) is 1.04. The predicted octanol–water partition coefficient (Wildman–Crippen LogP) is 0.901. The average Bonchev–Trinajstić information content (AvgIpc) is 2.25. The van der Waals surface area contributed by atoms with Crippen LogP contribution < -0.4 is 16.2 Å². The molecular formula is C11H17N3O. The largest absolute Gasteiger partial charge is 0.492 e. The van der Waals surface area contributed by atoms with Crippen molar-refractivity contribution < 1.29 is 4.74 Å². The Balaban J connectivity index is 2.35. The Hall–Kier alpha value is -1.71. The van der Waals surface area contributed by atoms with Crippen molar-refractivity contribution in [3.05, 3.63) is 29.8 Å². The Morgan fingerprint density at radius 3 is 2.47 bits per heavy atom. The minimum atomic E-state index is 0.0972. The summed E-state index contributed by atoms with van der Waals surface area (Å²) in [5.41, 5.74) is 11.7.